The van der Waals surface area contributed by atoms with Gasteiger partial charge in [-0.2, -0.15) is 4.98 Å². The van der Waals surface area contributed by atoms with Gasteiger partial charge in [0.25, 0.3) is 5.56 Å². The minimum atomic E-state index is -1.21. The number of aryl methyl sites for hydroxylation is 1. The van der Waals surface area contributed by atoms with Gasteiger partial charge in [0.15, 0.2) is 11.4 Å². The van der Waals surface area contributed by atoms with Crippen molar-refractivity contribution in [1.29, 1.82) is 0 Å². The Morgan fingerprint density at radius 1 is 1.53 bits per heavy atom. The fourth-order valence-corrected chi connectivity index (χ4v) is 1.45. The lowest BCUT2D eigenvalue weighted by Gasteiger charge is -2.07. The molecule has 2 aromatic heterocycles. The van der Waals surface area contributed by atoms with Crippen LogP contribution in [0.1, 0.15) is 23.2 Å². The van der Waals surface area contributed by atoms with E-state index < -0.39 is 5.97 Å². The van der Waals surface area contributed by atoms with Gasteiger partial charge in [-0.15, -0.1) is 0 Å². The zero-order valence-electron chi connectivity index (χ0n) is 10.1. The van der Waals surface area contributed by atoms with Crippen LogP contribution in [0.3, 0.4) is 0 Å². The molecule has 0 fully saturated rings. The summed E-state index contributed by atoms with van der Waals surface area (Å²) in [5.74, 6) is -0.675. The van der Waals surface area contributed by atoms with Crippen LogP contribution in [-0.4, -0.2) is 26.0 Å². The highest BCUT2D eigenvalue weighted by Crippen LogP contribution is 2.21. The number of ether oxygens (including phenoxy) is 1. The summed E-state index contributed by atoms with van der Waals surface area (Å²) in [5, 5.41) is 8.97. The summed E-state index contributed by atoms with van der Waals surface area (Å²) in [4.78, 5) is 32.6. The molecule has 2 heterocycles. The quantitative estimate of drug-likeness (QED) is 0.857. The number of aromatic amines is 1. The van der Waals surface area contributed by atoms with Crippen LogP contribution in [0.4, 0.5) is 0 Å². The molecule has 0 amide bonds. The third-order valence-corrected chi connectivity index (χ3v) is 2.29. The third kappa shape index (κ3) is 2.95. The SMILES string of the molecule is CCc1nc(Oc2cccnc2C(=O)O)cc(=O)[nH]1. The summed E-state index contributed by atoms with van der Waals surface area (Å²) in [5.41, 5.74) is -0.592. The van der Waals surface area contributed by atoms with E-state index in [-0.39, 0.29) is 22.9 Å². The predicted molar refractivity (Wildman–Crippen MR) is 65.5 cm³/mol. The van der Waals surface area contributed by atoms with Crippen molar-refractivity contribution in [2.75, 3.05) is 0 Å². The molecule has 2 rings (SSSR count). The molecule has 7 nitrogen and oxygen atoms in total. The summed E-state index contributed by atoms with van der Waals surface area (Å²) in [6, 6.07) is 4.14. The number of nitrogens with one attached hydrogen (secondary N) is 1. The molecule has 98 valence electrons. The van der Waals surface area contributed by atoms with Crippen LogP contribution in [0.5, 0.6) is 11.6 Å². The largest absolute Gasteiger partial charge is 0.476 e. The molecular weight excluding hydrogens is 250 g/mol. The van der Waals surface area contributed by atoms with Gasteiger partial charge >= 0.3 is 5.97 Å². The van der Waals surface area contributed by atoms with E-state index in [0.717, 1.165) is 6.07 Å². The molecule has 0 radical (unpaired) electrons. The first-order valence-corrected chi connectivity index (χ1v) is 5.56. The number of carboxylic acids is 1. The van der Waals surface area contributed by atoms with Crippen LogP contribution < -0.4 is 10.3 Å². The van der Waals surface area contributed by atoms with Crippen molar-refractivity contribution in [3.63, 3.8) is 0 Å². The van der Waals surface area contributed by atoms with E-state index in [1.165, 1.54) is 18.3 Å². The van der Waals surface area contributed by atoms with Crippen molar-refractivity contribution < 1.29 is 14.6 Å². The summed E-state index contributed by atoms with van der Waals surface area (Å²) in [6.07, 6.45) is 1.88. The number of rotatable bonds is 4. The van der Waals surface area contributed by atoms with Crippen molar-refractivity contribution in [2.24, 2.45) is 0 Å². The van der Waals surface area contributed by atoms with E-state index in [4.69, 9.17) is 9.84 Å². The molecule has 0 aromatic carbocycles. The molecule has 19 heavy (non-hydrogen) atoms. The number of H-pyrrole nitrogens is 1. The van der Waals surface area contributed by atoms with E-state index in [0.29, 0.717) is 12.2 Å². The van der Waals surface area contributed by atoms with Gasteiger partial charge in [-0.05, 0) is 12.1 Å². The Balaban J connectivity index is 2.39. The number of pyridine rings is 1. The molecule has 2 aromatic rings. The van der Waals surface area contributed by atoms with Gasteiger partial charge in [-0.3, -0.25) is 4.79 Å². The number of carboxylic acid groups (broad SMARTS) is 1. The first kappa shape index (κ1) is 12.7. The topological polar surface area (TPSA) is 105 Å². The summed E-state index contributed by atoms with van der Waals surface area (Å²) in [7, 11) is 0. The number of hydrogen-bond donors (Lipinski definition) is 2. The third-order valence-electron chi connectivity index (χ3n) is 2.29. The van der Waals surface area contributed by atoms with Gasteiger partial charge in [0.05, 0.1) is 6.07 Å². The van der Waals surface area contributed by atoms with E-state index >= 15 is 0 Å². The van der Waals surface area contributed by atoms with E-state index in [1.807, 2.05) is 6.92 Å². The molecule has 0 aliphatic carbocycles. The molecular formula is C12H11N3O4. The molecule has 0 atom stereocenters. The maximum absolute atomic E-state index is 11.4. The molecule has 0 aliphatic rings. The Labute approximate surface area is 107 Å². The maximum atomic E-state index is 11.4. The Morgan fingerprint density at radius 2 is 2.32 bits per heavy atom. The normalized spacial score (nSPS) is 10.2. The highest BCUT2D eigenvalue weighted by atomic mass is 16.5. The second-order valence-corrected chi connectivity index (χ2v) is 3.64. The van der Waals surface area contributed by atoms with E-state index in [9.17, 15) is 9.59 Å². The van der Waals surface area contributed by atoms with Gasteiger partial charge in [0.2, 0.25) is 5.88 Å². The minimum absolute atomic E-state index is 0.0372. The lowest BCUT2D eigenvalue weighted by molar-refractivity contribution is 0.0687. The lowest BCUT2D eigenvalue weighted by atomic mass is 10.3. The number of carbonyl (C=O) groups is 1. The van der Waals surface area contributed by atoms with Crippen LogP contribution in [0.2, 0.25) is 0 Å². The monoisotopic (exact) mass is 261 g/mol. The smallest absolute Gasteiger partial charge is 0.358 e. The zero-order valence-corrected chi connectivity index (χ0v) is 10.1. The number of aromatic carboxylic acids is 1. The van der Waals surface area contributed by atoms with Crippen LogP contribution in [0.15, 0.2) is 29.2 Å². The molecule has 0 saturated carbocycles. The van der Waals surface area contributed by atoms with Crippen molar-refractivity contribution in [3.8, 4) is 11.6 Å². The zero-order chi connectivity index (χ0) is 13.8. The molecule has 2 N–H and O–H groups in total. The summed E-state index contributed by atoms with van der Waals surface area (Å²) in [6.45, 7) is 1.83. The number of hydrogen-bond acceptors (Lipinski definition) is 5. The fraction of sp³-hybridized carbons (Fsp3) is 0.167. The average molecular weight is 261 g/mol. The number of aromatic nitrogens is 3. The maximum Gasteiger partial charge on any atom is 0.358 e. The second-order valence-electron chi connectivity index (χ2n) is 3.64. The second kappa shape index (κ2) is 5.30. The predicted octanol–water partition coefficient (Wildman–Crippen LogP) is 1.22. The fourth-order valence-electron chi connectivity index (χ4n) is 1.45. The lowest BCUT2D eigenvalue weighted by Crippen LogP contribution is -2.11. The Bertz CT molecular complexity index is 666. The van der Waals surface area contributed by atoms with Crippen LogP contribution in [0, 0.1) is 0 Å². The Kier molecular flexibility index (Phi) is 3.56. The highest BCUT2D eigenvalue weighted by molar-refractivity contribution is 5.88. The molecule has 0 saturated heterocycles. The van der Waals surface area contributed by atoms with E-state index in [2.05, 4.69) is 15.0 Å². The highest BCUT2D eigenvalue weighted by Gasteiger charge is 2.14. The van der Waals surface area contributed by atoms with Gasteiger partial charge in [-0.25, -0.2) is 9.78 Å². The summed E-state index contributed by atoms with van der Waals surface area (Å²) < 4.78 is 5.32. The minimum Gasteiger partial charge on any atom is -0.476 e. The van der Waals surface area contributed by atoms with Crippen LogP contribution in [0.25, 0.3) is 0 Å². The van der Waals surface area contributed by atoms with Gasteiger partial charge in [0.1, 0.15) is 5.82 Å². The van der Waals surface area contributed by atoms with Crippen LogP contribution in [-0.2, 0) is 6.42 Å². The molecule has 0 aliphatic heterocycles. The summed E-state index contributed by atoms with van der Waals surface area (Å²) >= 11 is 0. The van der Waals surface area contributed by atoms with Gasteiger partial charge in [0, 0.05) is 12.6 Å². The Hall–Kier alpha value is -2.70. The van der Waals surface area contributed by atoms with Crippen molar-refractivity contribution in [1.82, 2.24) is 15.0 Å². The number of nitrogens with zero attached hydrogens (tertiary/aromatic N) is 2. The molecule has 0 unspecified atom stereocenters. The van der Waals surface area contributed by atoms with Gasteiger partial charge in [-0.1, -0.05) is 6.92 Å². The van der Waals surface area contributed by atoms with Gasteiger partial charge < -0.3 is 14.8 Å². The first-order valence-electron chi connectivity index (χ1n) is 5.56. The standard InChI is InChI=1S/C12H11N3O4/c1-2-8-14-9(16)6-10(15-8)19-7-4-3-5-13-11(7)12(17)18/h3-6H,2H2,1H3,(H,17,18)(H,14,15,16). The Morgan fingerprint density at radius 3 is 3.00 bits per heavy atom. The molecule has 0 spiro atoms. The van der Waals surface area contributed by atoms with Crippen molar-refractivity contribution in [3.05, 3.63) is 46.3 Å². The van der Waals surface area contributed by atoms with E-state index in [1.54, 1.807) is 0 Å². The van der Waals surface area contributed by atoms with Crippen molar-refractivity contribution in [2.45, 2.75) is 13.3 Å². The van der Waals surface area contributed by atoms with Crippen molar-refractivity contribution >= 4 is 5.97 Å². The first-order chi connectivity index (χ1) is 9.10. The molecule has 7 heteroatoms. The van der Waals surface area contributed by atoms with Crippen LogP contribution >= 0.6 is 0 Å². The molecule has 0 bridgehead atoms. The average Bonchev–Trinajstić information content (AvgIpc) is 2.38.